The topological polar surface area (TPSA) is 78.9 Å². The molecule has 1 aliphatic rings. The molecule has 0 unspecified atom stereocenters. The minimum absolute atomic E-state index is 0.0897. The number of aliphatic carboxylic acids is 1. The first-order chi connectivity index (χ1) is 10.1. The molecular weight excluding hydrogens is 272 g/mol. The number of carbonyl (C=O) groups excluding carboxylic acids is 1. The third-order valence-corrected chi connectivity index (χ3v) is 3.14. The number of amides is 2. The van der Waals surface area contributed by atoms with Crippen molar-refractivity contribution >= 4 is 18.1 Å². The second-order valence-corrected chi connectivity index (χ2v) is 4.67. The average molecular weight is 290 g/mol. The molecule has 6 nitrogen and oxygen atoms in total. The summed E-state index contributed by atoms with van der Waals surface area (Å²) in [5, 5.41) is 11.4. The van der Waals surface area contributed by atoms with Gasteiger partial charge in [0.15, 0.2) is 0 Å². The maximum atomic E-state index is 11.9. The van der Waals surface area contributed by atoms with Gasteiger partial charge in [-0.15, -0.1) is 0 Å². The molecule has 2 rings (SSSR count). The summed E-state index contributed by atoms with van der Waals surface area (Å²) in [4.78, 5) is 24.0. The molecule has 1 aliphatic heterocycles. The van der Waals surface area contributed by atoms with Gasteiger partial charge in [0.05, 0.1) is 13.2 Å². The molecule has 1 aromatic rings. The molecule has 112 valence electrons. The van der Waals surface area contributed by atoms with Crippen molar-refractivity contribution in [3.05, 3.63) is 41.5 Å². The fourth-order valence-electron chi connectivity index (χ4n) is 1.97. The smallest absolute Gasteiger partial charge is 0.328 e. The molecule has 1 heterocycles. The zero-order valence-electron chi connectivity index (χ0n) is 11.6. The number of hydrogen-bond donors (Lipinski definition) is 2. The summed E-state index contributed by atoms with van der Waals surface area (Å²) in [5.74, 6) is -0.975. The Morgan fingerprint density at radius 3 is 2.52 bits per heavy atom. The Kier molecular flexibility index (Phi) is 5.34. The first kappa shape index (κ1) is 15.1. The van der Waals surface area contributed by atoms with E-state index in [4.69, 9.17) is 9.84 Å². The van der Waals surface area contributed by atoms with Crippen LogP contribution >= 0.6 is 0 Å². The molecule has 2 N–H and O–H groups in total. The van der Waals surface area contributed by atoms with Crippen molar-refractivity contribution in [3.63, 3.8) is 0 Å². The van der Waals surface area contributed by atoms with Gasteiger partial charge in [0.1, 0.15) is 0 Å². The Hall–Kier alpha value is -2.34. The quantitative estimate of drug-likeness (QED) is 0.820. The predicted molar refractivity (Wildman–Crippen MR) is 77.7 cm³/mol. The van der Waals surface area contributed by atoms with E-state index in [0.29, 0.717) is 32.8 Å². The molecule has 0 bridgehead atoms. The highest BCUT2D eigenvalue weighted by atomic mass is 16.5. The molecule has 0 aliphatic carbocycles. The van der Waals surface area contributed by atoms with Crippen molar-refractivity contribution < 1.29 is 19.4 Å². The molecule has 21 heavy (non-hydrogen) atoms. The largest absolute Gasteiger partial charge is 0.478 e. The van der Waals surface area contributed by atoms with Crippen molar-refractivity contribution in [1.82, 2.24) is 10.2 Å². The molecule has 0 atom stereocenters. The van der Waals surface area contributed by atoms with E-state index in [0.717, 1.165) is 17.2 Å². The average Bonchev–Trinajstić information content (AvgIpc) is 2.52. The van der Waals surface area contributed by atoms with E-state index in [1.165, 1.54) is 6.08 Å². The van der Waals surface area contributed by atoms with Crippen LogP contribution in [0, 0.1) is 0 Å². The van der Waals surface area contributed by atoms with Crippen LogP contribution in [0.5, 0.6) is 0 Å². The van der Waals surface area contributed by atoms with E-state index in [9.17, 15) is 9.59 Å². The molecule has 1 saturated heterocycles. The third-order valence-electron chi connectivity index (χ3n) is 3.14. The number of carboxylic acid groups (broad SMARTS) is 1. The fraction of sp³-hybridized carbons (Fsp3) is 0.333. The lowest BCUT2D eigenvalue weighted by atomic mass is 10.1. The standard InChI is InChI=1S/C15H18N2O4/c18-14(19)6-5-12-1-3-13(4-2-12)11-16-15(20)17-7-9-21-10-8-17/h1-6H,7-11H2,(H,16,20)(H,18,19). The van der Waals surface area contributed by atoms with Crippen molar-refractivity contribution in [2.75, 3.05) is 26.3 Å². The summed E-state index contributed by atoms with van der Waals surface area (Å²) in [6, 6.07) is 7.27. The second-order valence-electron chi connectivity index (χ2n) is 4.67. The fourth-order valence-corrected chi connectivity index (χ4v) is 1.97. The number of nitrogens with zero attached hydrogens (tertiary/aromatic N) is 1. The first-order valence-corrected chi connectivity index (χ1v) is 6.75. The number of carbonyl (C=O) groups is 2. The Labute approximate surface area is 123 Å². The van der Waals surface area contributed by atoms with Gasteiger partial charge in [-0.3, -0.25) is 0 Å². The number of carboxylic acids is 1. The minimum Gasteiger partial charge on any atom is -0.478 e. The van der Waals surface area contributed by atoms with Gasteiger partial charge in [-0.2, -0.15) is 0 Å². The molecule has 0 aromatic heterocycles. The summed E-state index contributed by atoms with van der Waals surface area (Å²) in [6.45, 7) is 2.84. The van der Waals surface area contributed by atoms with Crippen LogP contribution in [0.15, 0.2) is 30.3 Å². The van der Waals surface area contributed by atoms with E-state index in [1.807, 2.05) is 24.3 Å². The summed E-state index contributed by atoms with van der Waals surface area (Å²) in [5.41, 5.74) is 1.77. The molecular formula is C15H18N2O4. The second kappa shape index (κ2) is 7.44. The number of morpholine rings is 1. The highest BCUT2D eigenvalue weighted by molar-refractivity contribution is 5.85. The summed E-state index contributed by atoms with van der Waals surface area (Å²) >= 11 is 0. The Bertz CT molecular complexity index is 519. The molecule has 1 aromatic carbocycles. The normalized spacial score (nSPS) is 15.1. The zero-order valence-corrected chi connectivity index (χ0v) is 11.6. The van der Waals surface area contributed by atoms with Crippen LogP contribution in [0.2, 0.25) is 0 Å². The van der Waals surface area contributed by atoms with E-state index < -0.39 is 5.97 Å². The van der Waals surface area contributed by atoms with Gasteiger partial charge in [0, 0.05) is 25.7 Å². The van der Waals surface area contributed by atoms with Crippen molar-refractivity contribution in [3.8, 4) is 0 Å². The van der Waals surface area contributed by atoms with Crippen molar-refractivity contribution in [1.29, 1.82) is 0 Å². The Morgan fingerprint density at radius 1 is 1.24 bits per heavy atom. The van der Waals surface area contributed by atoms with Crippen LogP contribution in [0.3, 0.4) is 0 Å². The maximum absolute atomic E-state index is 11.9. The maximum Gasteiger partial charge on any atom is 0.328 e. The SMILES string of the molecule is O=C(O)C=Cc1ccc(CNC(=O)N2CCOCC2)cc1. The highest BCUT2D eigenvalue weighted by Gasteiger charge is 2.15. The van der Waals surface area contributed by atoms with Gasteiger partial charge in [-0.05, 0) is 17.2 Å². The van der Waals surface area contributed by atoms with Gasteiger partial charge >= 0.3 is 12.0 Å². The summed E-state index contributed by atoms with van der Waals surface area (Å²) < 4.78 is 5.20. The van der Waals surface area contributed by atoms with Gasteiger partial charge in [0.2, 0.25) is 0 Å². The van der Waals surface area contributed by atoms with Crippen LogP contribution in [-0.4, -0.2) is 48.3 Å². The lowest BCUT2D eigenvalue weighted by Gasteiger charge is -2.26. The number of ether oxygens (including phenoxy) is 1. The lowest BCUT2D eigenvalue weighted by molar-refractivity contribution is -0.131. The van der Waals surface area contributed by atoms with Crippen LogP contribution in [-0.2, 0) is 16.1 Å². The van der Waals surface area contributed by atoms with Gasteiger partial charge in [-0.25, -0.2) is 9.59 Å². The number of urea groups is 1. The monoisotopic (exact) mass is 290 g/mol. The molecule has 1 fully saturated rings. The van der Waals surface area contributed by atoms with Crippen molar-refractivity contribution in [2.24, 2.45) is 0 Å². The predicted octanol–water partition coefficient (Wildman–Crippen LogP) is 1.33. The summed E-state index contributed by atoms with van der Waals surface area (Å²) in [7, 11) is 0. The summed E-state index contributed by atoms with van der Waals surface area (Å²) in [6.07, 6.45) is 2.62. The molecule has 6 heteroatoms. The molecule has 0 radical (unpaired) electrons. The van der Waals surface area contributed by atoms with E-state index in [2.05, 4.69) is 5.32 Å². The zero-order chi connectivity index (χ0) is 15.1. The number of rotatable bonds is 4. The van der Waals surface area contributed by atoms with Gasteiger partial charge in [0.25, 0.3) is 0 Å². The molecule has 2 amide bonds. The molecule has 0 spiro atoms. The van der Waals surface area contributed by atoms with Crippen molar-refractivity contribution in [2.45, 2.75) is 6.54 Å². The van der Waals surface area contributed by atoms with E-state index in [1.54, 1.807) is 4.90 Å². The number of hydrogen-bond acceptors (Lipinski definition) is 3. The Morgan fingerprint density at radius 2 is 1.90 bits per heavy atom. The number of benzene rings is 1. The minimum atomic E-state index is -0.975. The Balaban J connectivity index is 1.83. The van der Waals surface area contributed by atoms with Crippen LogP contribution in [0.4, 0.5) is 4.79 Å². The first-order valence-electron chi connectivity index (χ1n) is 6.75. The van der Waals surface area contributed by atoms with Crippen LogP contribution in [0.25, 0.3) is 6.08 Å². The van der Waals surface area contributed by atoms with Crippen LogP contribution < -0.4 is 5.32 Å². The lowest BCUT2D eigenvalue weighted by Crippen LogP contribution is -2.45. The molecule has 0 saturated carbocycles. The van der Waals surface area contributed by atoms with E-state index in [-0.39, 0.29) is 6.03 Å². The van der Waals surface area contributed by atoms with Crippen LogP contribution in [0.1, 0.15) is 11.1 Å². The highest BCUT2D eigenvalue weighted by Crippen LogP contribution is 2.06. The third kappa shape index (κ3) is 4.92. The van der Waals surface area contributed by atoms with Gasteiger partial charge in [-0.1, -0.05) is 24.3 Å². The van der Waals surface area contributed by atoms with E-state index >= 15 is 0 Å². The van der Waals surface area contributed by atoms with Gasteiger partial charge < -0.3 is 20.1 Å². The number of nitrogens with one attached hydrogen (secondary N) is 1.